The Hall–Kier alpha value is 0.431. The molecule has 0 aliphatic rings. The van der Waals surface area contributed by atoms with Crippen molar-refractivity contribution >= 4 is 13.3 Å². The molecule has 9 heteroatoms. The second kappa shape index (κ2) is 5.17. The third-order valence-corrected chi connectivity index (χ3v) is 1.36. The summed E-state index contributed by atoms with van der Waals surface area (Å²) >= 11 is 0. The molecule has 0 N–H and O–H groups in total. The maximum absolute atomic E-state index is 12.7. The first-order chi connectivity index (χ1) is 6.25. The minimum Gasteiger partial charge on any atom is -0.570 e. The fourth-order valence-corrected chi connectivity index (χ4v) is 0.759. The van der Waals surface area contributed by atoms with Crippen LogP contribution in [0.4, 0.5) is 26.3 Å². The Labute approximate surface area is 124 Å². The summed E-state index contributed by atoms with van der Waals surface area (Å²) in [4.78, 5) is 2.18. The maximum Gasteiger partial charge on any atom is 1.00 e. The zero-order valence-electron chi connectivity index (χ0n) is 7.29. The van der Waals surface area contributed by atoms with Crippen molar-refractivity contribution in [1.29, 1.82) is 0 Å². The van der Waals surface area contributed by atoms with Gasteiger partial charge in [-0.05, 0) is 0 Å². The zero-order valence-corrected chi connectivity index (χ0v) is 10.4. The molecule has 75 valence electrons. The molecule has 0 aliphatic carbocycles. The fourth-order valence-electron chi connectivity index (χ4n) is 0.759. The Morgan fingerprint density at radius 2 is 1.47 bits per heavy atom. The van der Waals surface area contributed by atoms with Gasteiger partial charge in [0, 0.05) is 0 Å². The predicted molar refractivity (Wildman–Crippen MR) is 34.5 cm³/mol. The van der Waals surface area contributed by atoms with E-state index in [-0.39, 0.29) is 51.4 Å². The molecule has 0 spiro atoms. The van der Waals surface area contributed by atoms with Crippen molar-refractivity contribution in [3.05, 3.63) is 23.3 Å². The van der Waals surface area contributed by atoms with Gasteiger partial charge in [0.1, 0.15) is 11.4 Å². The number of halogens is 6. The molecular formula is C6BF6KN. The van der Waals surface area contributed by atoms with E-state index in [1.807, 2.05) is 0 Å². The maximum atomic E-state index is 12.7. The van der Waals surface area contributed by atoms with E-state index < -0.39 is 34.9 Å². The molecule has 0 saturated heterocycles. The summed E-state index contributed by atoms with van der Waals surface area (Å²) in [7, 11) is 4.57. The molecule has 1 aromatic heterocycles. The quantitative estimate of drug-likeness (QED) is 0.304. The predicted octanol–water partition coefficient (Wildman–Crippen LogP) is -1.68. The third kappa shape index (κ3) is 3.19. The van der Waals surface area contributed by atoms with Gasteiger partial charge in [-0.25, -0.2) is 9.85 Å². The minimum atomic E-state index is -5.30. The summed E-state index contributed by atoms with van der Waals surface area (Å²) in [6, 6.07) is 0. The summed E-state index contributed by atoms with van der Waals surface area (Å²) in [5.41, 5.74) is -3.75. The topological polar surface area (TPSA) is 12.9 Å². The number of hydrogen-bond donors (Lipinski definition) is 0. The number of aromatic nitrogens is 1. The number of alkyl halides is 3. The Kier molecular flexibility index (Phi) is 5.32. The van der Waals surface area contributed by atoms with E-state index in [0.29, 0.717) is 0 Å². The van der Waals surface area contributed by atoms with Gasteiger partial charge in [0.2, 0.25) is 5.95 Å². The summed E-state index contributed by atoms with van der Waals surface area (Å²) < 4.78 is 73.2. The van der Waals surface area contributed by atoms with Crippen molar-refractivity contribution in [2.24, 2.45) is 0 Å². The molecule has 0 unspecified atom stereocenters. The van der Waals surface area contributed by atoms with Crippen molar-refractivity contribution in [3.8, 4) is 0 Å². The molecule has 0 saturated carbocycles. The number of hydrogen-bond acceptors (Lipinski definition) is 1. The van der Waals surface area contributed by atoms with Gasteiger partial charge >= 0.3 is 57.6 Å². The van der Waals surface area contributed by atoms with Crippen LogP contribution in [0.5, 0.6) is 0 Å². The van der Waals surface area contributed by atoms with Gasteiger partial charge < -0.3 is 7.85 Å². The van der Waals surface area contributed by atoms with Gasteiger partial charge in [-0.3, -0.25) is 0 Å². The molecule has 15 heavy (non-hydrogen) atoms. The first-order valence-corrected chi connectivity index (χ1v) is 3.12. The molecule has 0 aliphatic heterocycles. The Morgan fingerprint density at radius 1 is 1.00 bits per heavy atom. The number of rotatable bonds is 0. The van der Waals surface area contributed by atoms with Gasteiger partial charge in [-0.2, -0.15) is 26.9 Å². The fraction of sp³-hybridized carbons (Fsp3) is 0.167. The third-order valence-electron chi connectivity index (χ3n) is 1.36. The van der Waals surface area contributed by atoms with Gasteiger partial charge in [-0.1, -0.05) is 0 Å². The summed E-state index contributed by atoms with van der Waals surface area (Å²) in [5.74, 6) is -6.28. The van der Waals surface area contributed by atoms with Crippen molar-refractivity contribution < 1.29 is 77.7 Å². The molecule has 0 atom stereocenters. The molecule has 3 radical (unpaired) electrons. The van der Waals surface area contributed by atoms with Crippen molar-refractivity contribution in [2.75, 3.05) is 0 Å². The number of pyridine rings is 1. The van der Waals surface area contributed by atoms with Crippen LogP contribution in [0.15, 0.2) is 0 Å². The van der Waals surface area contributed by atoms with E-state index in [0.717, 1.165) is 0 Å². The van der Waals surface area contributed by atoms with Crippen LogP contribution in [0.1, 0.15) is 5.56 Å². The molecule has 0 aromatic carbocycles. The van der Waals surface area contributed by atoms with E-state index in [1.54, 1.807) is 0 Å². The Bertz CT molecular complexity index is 379. The summed E-state index contributed by atoms with van der Waals surface area (Å²) in [6.45, 7) is 0. The Balaban J connectivity index is 0.00000196. The van der Waals surface area contributed by atoms with E-state index >= 15 is 0 Å². The van der Waals surface area contributed by atoms with Crippen molar-refractivity contribution in [2.45, 2.75) is 6.18 Å². The van der Waals surface area contributed by atoms with E-state index in [9.17, 15) is 26.3 Å². The number of nitrogens with zero attached hydrogens (tertiary/aromatic N) is 1. The van der Waals surface area contributed by atoms with Crippen LogP contribution in [-0.4, -0.2) is 12.8 Å². The summed E-state index contributed by atoms with van der Waals surface area (Å²) in [6.07, 6.45) is -5.30. The SMILES string of the molecule is [B-]c1c(F)nc(F)c(C(F)(F)F)c1F.[K+]. The molecule has 1 rings (SSSR count). The van der Waals surface area contributed by atoms with Gasteiger partial charge in [0.25, 0.3) is 0 Å². The second-order valence-corrected chi connectivity index (χ2v) is 2.29. The molecular weight excluding hydrogens is 250 g/mol. The average molecular weight is 250 g/mol. The van der Waals surface area contributed by atoms with E-state index in [1.165, 1.54) is 0 Å². The standard InChI is InChI=1S/C6BF6N.K/c7-2-3(8)1(6(11,12)13)4(9)14-5(2)10;/q-1;+1. The first-order valence-electron chi connectivity index (χ1n) is 3.12. The molecule has 1 heterocycles. The summed E-state index contributed by atoms with van der Waals surface area (Å²) in [5, 5.41) is 0. The smallest absolute Gasteiger partial charge is 0.570 e. The van der Waals surface area contributed by atoms with Crippen LogP contribution in [-0.2, 0) is 6.18 Å². The van der Waals surface area contributed by atoms with Crippen molar-refractivity contribution in [1.82, 2.24) is 4.98 Å². The molecule has 0 fully saturated rings. The Morgan fingerprint density at radius 3 is 1.87 bits per heavy atom. The van der Waals surface area contributed by atoms with Crippen LogP contribution in [0.2, 0.25) is 0 Å². The molecule has 0 amide bonds. The van der Waals surface area contributed by atoms with Gasteiger partial charge in [0.05, 0.1) is 0 Å². The molecule has 1 nitrogen and oxygen atoms in total. The minimum absolute atomic E-state index is 0. The van der Waals surface area contributed by atoms with E-state index in [2.05, 4.69) is 12.8 Å². The monoisotopic (exact) mass is 250 g/mol. The molecule has 1 aromatic rings. The van der Waals surface area contributed by atoms with Crippen LogP contribution in [0, 0.1) is 17.7 Å². The molecule has 0 bridgehead atoms. The van der Waals surface area contributed by atoms with Gasteiger partial charge in [-0.15, -0.1) is 0 Å². The average Bonchev–Trinajstić information content (AvgIpc) is 1.97. The van der Waals surface area contributed by atoms with Gasteiger partial charge in [0.15, 0.2) is 5.95 Å². The van der Waals surface area contributed by atoms with Crippen LogP contribution < -0.4 is 56.8 Å². The zero-order chi connectivity index (χ0) is 11.1. The first kappa shape index (κ1) is 15.4. The largest absolute Gasteiger partial charge is 1.00 e. The van der Waals surface area contributed by atoms with Crippen LogP contribution >= 0.6 is 0 Å². The second-order valence-electron chi connectivity index (χ2n) is 2.29. The van der Waals surface area contributed by atoms with E-state index in [4.69, 9.17) is 0 Å². The van der Waals surface area contributed by atoms with Crippen LogP contribution in [0.25, 0.3) is 0 Å². The van der Waals surface area contributed by atoms with Crippen LogP contribution in [0.3, 0.4) is 0 Å². The normalized spacial score (nSPS) is 11.1. The van der Waals surface area contributed by atoms with Crippen molar-refractivity contribution in [3.63, 3.8) is 0 Å².